The van der Waals surface area contributed by atoms with Gasteiger partial charge >= 0.3 is 18.3 Å². The molecule has 3 saturated heterocycles. The highest BCUT2D eigenvalue weighted by Crippen LogP contribution is 2.42. The van der Waals surface area contributed by atoms with Crippen LogP contribution in [0.15, 0.2) is 73.1 Å². The van der Waals surface area contributed by atoms with Gasteiger partial charge in [-0.05, 0) is 98.5 Å². The average molecular weight is 971 g/mol. The SMILES string of the molecule is O=C(O)C(F)(F)F.O=C1CCC(N2C(=O)c3ccc(N4CCN(CC5CCN(c6ccc(-c7cnn(C8(C(=O)Nc9ccc(C(F)(F)F)cc9Cl)CCC8)c7)cc6)CC5)CC4)cc3C2=O)C(=O)N1. The zero-order valence-electron chi connectivity index (χ0n) is 36.2. The second kappa shape index (κ2) is 18.9. The fourth-order valence-corrected chi connectivity index (χ4v) is 9.48. The molecule has 1 aromatic heterocycles. The number of halogens is 7. The molecule has 4 aliphatic heterocycles. The number of nitrogens with zero attached hydrogens (tertiary/aromatic N) is 6. The summed E-state index contributed by atoms with van der Waals surface area (Å²) in [6.07, 6.45) is -1.80. The number of hydrogen-bond donors (Lipinski definition) is 3. The molecule has 5 amide bonds. The predicted octanol–water partition coefficient (Wildman–Crippen LogP) is 6.81. The molecule has 9 rings (SSSR count). The van der Waals surface area contributed by atoms with Crippen LogP contribution in [-0.4, -0.2) is 118 Å². The molecule has 22 heteroatoms. The van der Waals surface area contributed by atoms with Crippen LogP contribution in [0.3, 0.4) is 0 Å². The molecule has 360 valence electrons. The van der Waals surface area contributed by atoms with E-state index in [4.69, 9.17) is 21.5 Å². The van der Waals surface area contributed by atoms with E-state index in [2.05, 4.69) is 54.7 Å². The number of aliphatic carboxylic acids is 1. The summed E-state index contributed by atoms with van der Waals surface area (Å²) >= 11 is 6.13. The molecule has 4 aromatic rings. The molecular formula is C46H45ClF6N8O7. The number of alkyl halides is 6. The lowest BCUT2D eigenvalue weighted by Crippen LogP contribution is -2.54. The number of piperidine rings is 2. The number of aromatic nitrogens is 2. The summed E-state index contributed by atoms with van der Waals surface area (Å²) in [5.74, 6) is -4.58. The summed E-state index contributed by atoms with van der Waals surface area (Å²) in [4.78, 5) is 81.1. The monoisotopic (exact) mass is 970 g/mol. The maximum atomic E-state index is 13.5. The molecule has 15 nitrogen and oxygen atoms in total. The summed E-state index contributed by atoms with van der Waals surface area (Å²) in [6, 6.07) is 15.5. The molecule has 5 heterocycles. The minimum absolute atomic E-state index is 0.0800. The zero-order valence-corrected chi connectivity index (χ0v) is 37.0. The van der Waals surface area contributed by atoms with Gasteiger partial charge in [-0.1, -0.05) is 23.7 Å². The lowest BCUT2D eigenvalue weighted by Gasteiger charge is -2.40. The van der Waals surface area contributed by atoms with Crippen molar-refractivity contribution in [1.29, 1.82) is 0 Å². The number of carbonyl (C=O) groups excluding carboxylic acids is 5. The van der Waals surface area contributed by atoms with E-state index in [1.807, 2.05) is 12.3 Å². The maximum Gasteiger partial charge on any atom is 0.490 e. The molecule has 0 radical (unpaired) electrons. The number of imide groups is 2. The van der Waals surface area contributed by atoms with E-state index in [0.29, 0.717) is 24.3 Å². The molecule has 5 aliphatic rings. The van der Waals surface area contributed by atoms with Gasteiger partial charge < -0.3 is 20.2 Å². The molecule has 0 spiro atoms. The number of amides is 5. The first-order valence-electron chi connectivity index (χ1n) is 21.9. The molecule has 68 heavy (non-hydrogen) atoms. The number of benzene rings is 3. The Morgan fingerprint density at radius 3 is 2.01 bits per heavy atom. The Labute approximate surface area is 390 Å². The fraction of sp³-hybridized carbons (Fsp3) is 0.413. The van der Waals surface area contributed by atoms with Crippen LogP contribution in [-0.2, 0) is 30.9 Å². The number of piperazine rings is 1. The smallest absolute Gasteiger partial charge is 0.475 e. The van der Waals surface area contributed by atoms with Crippen molar-refractivity contribution in [3.63, 3.8) is 0 Å². The third kappa shape index (κ3) is 9.90. The van der Waals surface area contributed by atoms with E-state index >= 15 is 0 Å². The topological polar surface area (TPSA) is 177 Å². The van der Waals surface area contributed by atoms with E-state index in [1.54, 1.807) is 23.0 Å². The van der Waals surface area contributed by atoms with Crippen LogP contribution in [0.1, 0.15) is 71.2 Å². The van der Waals surface area contributed by atoms with Gasteiger partial charge in [0.15, 0.2) is 0 Å². The number of rotatable bonds is 9. The first-order chi connectivity index (χ1) is 32.2. The van der Waals surface area contributed by atoms with Gasteiger partial charge in [0.1, 0.15) is 11.6 Å². The second-order valence-corrected chi connectivity index (χ2v) is 17.9. The Balaban J connectivity index is 0.000000830. The molecule has 0 bridgehead atoms. The minimum Gasteiger partial charge on any atom is -0.475 e. The van der Waals surface area contributed by atoms with Gasteiger partial charge in [-0.3, -0.25) is 43.8 Å². The van der Waals surface area contributed by atoms with Crippen LogP contribution >= 0.6 is 11.6 Å². The summed E-state index contributed by atoms with van der Waals surface area (Å²) in [5, 5.41) is 16.5. The first-order valence-corrected chi connectivity index (χ1v) is 22.3. The van der Waals surface area contributed by atoms with Crippen molar-refractivity contribution in [3.8, 4) is 11.1 Å². The van der Waals surface area contributed by atoms with E-state index in [9.17, 15) is 50.3 Å². The molecule has 3 aromatic carbocycles. The van der Waals surface area contributed by atoms with E-state index < -0.39 is 59.1 Å². The van der Waals surface area contributed by atoms with Crippen molar-refractivity contribution in [3.05, 3.63) is 94.8 Å². The number of nitrogens with one attached hydrogen (secondary N) is 2. The molecule has 1 aliphatic carbocycles. The zero-order chi connectivity index (χ0) is 48.7. The van der Waals surface area contributed by atoms with Crippen LogP contribution in [0.5, 0.6) is 0 Å². The van der Waals surface area contributed by atoms with E-state index in [1.165, 1.54) is 6.07 Å². The molecule has 3 N–H and O–H groups in total. The average Bonchev–Trinajstić information content (AvgIpc) is 3.86. The van der Waals surface area contributed by atoms with Crippen LogP contribution in [0.25, 0.3) is 11.1 Å². The van der Waals surface area contributed by atoms with Crippen LogP contribution < -0.4 is 20.4 Å². The number of carbonyl (C=O) groups is 6. The number of fused-ring (bicyclic) bond motifs is 1. The first kappa shape index (κ1) is 48.0. The van der Waals surface area contributed by atoms with Crippen molar-refractivity contribution in [1.82, 2.24) is 24.9 Å². The van der Waals surface area contributed by atoms with Crippen molar-refractivity contribution < 1.29 is 60.2 Å². The van der Waals surface area contributed by atoms with Gasteiger partial charge in [-0.15, -0.1) is 0 Å². The minimum atomic E-state index is -5.08. The van der Waals surface area contributed by atoms with Crippen LogP contribution in [0.4, 0.5) is 43.4 Å². The van der Waals surface area contributed by atoms with E-state index in [0.717, 1.165) is 105 Å². The Morgan fingerprint density at radius 1 is 0.794 bits per heavy atom. The lowest BCUT2D eigenvalue weighted by atomic mass is 9.76. The Morgan fingerprint density at radius 2 is 1.43 bits per heavy atom. The third-order valence-electron chi connectivity index (χ3n) is 13.3. The van der Waals surface area contributed by atoms with Gasteiger partial charge in [0.05, 0.1) is 33.6 Å². The van der Waals surface area contributed by atoms with Gasteiger partial charge in [0, 0.05) is 75.4 Å². The molecule has 1 atom stereocenters. The van der Waals surface area contributed by atoms with E-state index in [-0.39, 0.29) is 35.0 Å². The van der Waals surface area contributed by atoms with Crippen molar-refractivity contribution in [2.24, 2.45) is 5.92 Å². The molecular weight excluding hydrogens is 926 g/mol. The normalized spacial score (nSPS) is 20.0. The maximum absolute atomic E-state index is 13.5. The number of anilines is 3. The Hall–Kier alpha value is -6.48. The number of carboxylic acid groups (broad SMARTS) is 1. The third-order valence-corrected chi connectivity index (χ3v) is 13.6. The summed E-state index contributed by atoms with van der Waals surface area (Å²) in [5.41, 5.74) is 2.67. The van der Waals surface area contributed by atoms with Crippen molar-refractivity contribution in [2.45, 2.75) is 68.9 Å². The summed E-state index contributed by atoms with van der Waals surface area (Å²) in [6.45, 7) is 6.23. The highest BCUT2D eigenvalue weighted by Gasteiger charge is 2.48. The quantitative estimate of drug-likeness (QED) is 0.119. The molecule has 4 fully saturated rings. The summed E-state index contributed by atoms with van der Waals surface area (Å²) in [7, 11) is 0. The van der Waals surface area contributed by atoms with Gasteiger partial charge in [-0.25, -0.2) is 4.79 Å². The molecule has 1 saturated carbocycles. The van der Waals surface area contributed by atoms with Crippen molar-refractivity contribution >= 4 is 64.2 Å². The summed E-state index contributed by atoms with van der Waals surface area (Å²) < 4.78 is 72.8. The largest absolute Gasteiger partial charge is 0.490 e. The van der Waals surface area contributed by atoms with Crippen LogP contribution in [0.2, 0.25) is 5.02 Å². The Bertz CT molecular complexity index is 2620. The number of carboxylic acids is 1. The van der Waals surface area contributed by atoms with Gasteiger partial charge in [0.25, 0.3) is 17.7 Å². The molecule has 1 unspecified atom stereocenters. The van der Waals surface area contributed by atoms with Crippen LogP contribution in [0, 0.1) is 5.92 Å². The highest BCUT2D eigenvalue weighted by molar-refractivity contribution is 6.33. The second-order valence-electron chi connectivity index (χ2n) is 17.5. The van der Waals surface area contributed by atoms with Gasteiger partial charge in [-0.2, -0.15) is 31.4 Å². The fourth-order valence-electron chi connectivity index (χ4n) is 9.26. The lowest BCUT2D eigenvalue weighted by molar-refractivity contribution is -0.192. The highest BCUT2D eigenvalue weighted by atomic mass is 35.5. The number of hydrogen-bond acceptors (Lipinski definition) is 10. The van der Waals surface area contributed by atoms with Crippen molar-refractivity contribution in [2.75, 3.05) is 60.9 Å². The van der Waals surface area contributed by atoms with Gasteiger partial charge in [0.2, 0.25) is 11.8 Å². The standard InChI is InChI=1S/C44H44ClF3N8O5.C2HF3O2/c45-35-22-30(44(46,47)48)4-9-36(35)50-42(61)43(14-1-15-43)55-26-29(24-49-55)28-2-5-31(6-3-28)53-16-12-27(13-17-53)25-52-18-20-54(21-19-52)32-7-8-33-34(23-32)41(60)56(40(33)59)37-10-11-38(57)51-39(37)58;3-2(4,5)1(6)7/h2-9,22-24,26-27,37H,1,10-21,25H2,(H,50,61)(H,51,57,58);(H,6,7). The Kier molecular flexibility index (Phi) is 13.3. The predicted molar refractivity (Wildman–Crippen MR) is 235 cm³/mol.